The fourth-order valence-electron chi connectivity index (χ4n) is 2.27. The average molecular weight is 212 g/mol. The Bertz CT molecular complexity index is 117. The predicted octanol–water partition coefficient (Wildman–Crippen LogP) is 5.81. The quantitative estimate of drug-likeness (QED) is 0.401. The van der Waals surface area contributed by atoms with E-state index in [2.05, 4.69) is 27.7 Å². The van der Waals surface area contributed by atoms with Gasteiger partial charge >= 0.3 is 0 Å². The molecule has 2 unspecified atom stereocenters. The van der Waals surface area contributed by atoms with Gasteiger partial charge in [-0.25, -0.2) is 0 Å². The van der Waals surface area contributed by atoms with E-state index in [1.54, 1.807) is 0 Å². The molecule has 0 heteroatoms. The summed E-state index contributed by atoms with van der Waals surface area (Å²) in [6, 6.07) is 0. The number of rotatable bonds is 10. The molecule has 2 atom stereocenters. The summed E-state index contributed by atoms with van der Waals surface area (Å²) in [5, 5.41) is 0. The van der Waals surface area contributed by atoms with Crippen LogP contribution in [0.4, 0.5) is 0 Å². The summed E-state index contributed by atoms with van der Waals surface area (Å²) in [7, 11) is 0. The molecule has 0 N–H and O–H groups in total. The smallest absolute Gasteiger partial charge is 0.0417 e. The largest absolute Gasteiger partial charge is 0.0654 e. The van der Waals surface area contributed by atoms with Crippen LogP contribution >= 0.6 is 0 Å². The van der Waals surface area contributed by atoms with E-state index in [9.17, 15) is 0 Å². The van der Waals surface area contributed by atoms with E-state index in [0.29, 0.717) is 0 Å². The highest BCUT2D eigenvalue weighted by Crippen LogP contribution is 2.20. The molecule has 0 saturated carbocycles. The summed E-state index contributed by atoms with van der Waals surface area (Å²) in [6.07, 6.45) is 12.9. The lowest BCUT2D eigenvalue weighted by Gasteiger charge is -2.13. The van der Waals surface area contributed by atoms with Gasteiger partial charge in [-0.15, -0.1) is 0 Å². The van der Waals surface area contributed by atoms with E-state index in [1.807, 2.05) is 0 Å². The van der Waals surface area contributed by atoms with E-state index in [0.717, 1.165) is 11.8 Å². The first-order valence-electron chi connectivity index (χ1n) is 7.24. The lowest BCUT2D eigenvalue weighted by atomic mass is 9.93. The molecule has 0 nitrogen and oxygen atoms in total. The zero-order valence-corrected chi connectivity index (χ0v) is 11.5. The van der Waals surface area contributed by atoms with E-state index in [-0.39, 0.29) is 0 Å². The van der Waals surface area contributed by atoms with Crippen LogP contribution in [0.1, 0.15) is 85.5 Å². The SMILES string of the molecule is CCCC(CC)CCCCCC(C)CC. The van der Waals surface area contributed by atoms with Gasteiger partial charge in [0.2, 0.25) is 0 Å². The van der Waals surface area contributed by atoms with Gasteiger partial charge in [-0.3, -0.25) is 0 Å². The average Bonchev–Trinajstić information content (AvgIpc) is 2.26. The second-order valence-electron chi connectivity index (χ2n) is 5.21. The van der Waals surface area contributed by atoms with Gasteiger partial charge in [-0.2, -0.15) is 0 Å². The lowest BCUT2D eigenvalue weighted by molar-refractivity contribution is 0.399. The molecule has 0 aliphatic carbocycles. The van der Waals surface area contributed by atoms with Crippen LogP contribution in [0.15, 0.2) is 0 Å². The maximum atomic E-state index is 2.38. The molecule has 0 aromatic rings. The van der Waals surface area contributed by atoms with Crippen molar-refractivity contribution < 1.29 is 0 Å². The minimum atomic E-state index is 0.947. The maximum Gasteiger partial charge on any atom is -0.0417 e. The van der Waals surface area contributed by atoms with Crippen molar-refractivity contribution in [1.29, 1.82) is 0 Å². The van der Waals surface area contributed by atoms with E-state index >= 15 is 0 Å². The first kappa shape index (κ1) is 15.0. The van der Waals surface area contributed by atoms with Gasteiger partial charge < -0.3 is 0 Å². The van der Waals surface area contributed by atoms with Crippen LogP contribution in [-0.2, 0) is 0 Å². The van der Waals surface area contributed by atoms with Crippen molar-refractivity contribution in [1.82, 2.24) is 0 Å². The molecular formula is C15H32. The molecule has 0 aromatic heterocycles. The third kappa shape index (κ3) is 8.96. The number of hydrogen-bond donors (Lipinski definition) is 0. The summed E-state index contributed by atoms with van der Waals surface area (Å²) < 4.78 is 0. The summed E-state index contributed by atoms with van der Waals surface area (Å²) >= 11 is 0. The van der Waals surface area contributed by atoms with Crippen LogP contribution < -0.4 is 0 Å². The van der Waals surface area contributed by atoms with Crippen LogP contribution in [0.2, 0.25) is 0 Å². The third-order valence-electron chi connectivity index (χ3n) is 3.78. The molecule has 15 heavy (non-hydrogen) atoms. The van der Waals surface area contributed by atoms with Crippen LogP contribution in [0.5, 0.6) is 0 Å². The molecule has 0 saturated heterocycles. The highest BCUT2D eigenvalue weighted by molar-refractivity contribution is 4.58. The topological polar surface area (TPSA) is 0 Å². The molecule has 0 spiro atoms. The van der Waals surface area contributed by atoms with Crippen molar-refractivity contribution in [3.63, 3.8) is 0 Å². The molecule has 92 valence electrons. The second-order valence-corrected chi connectivity index (χ2v) is 5.21. The first-order valence-corrected chi connectivity index (χ1v) is 7.24. The molecular weight excluding hydrogens is 180 g/mol. The predicted molar refractivity (Wildman–Crippen MR) is 71.2 cm³/mol. The fraction of sp³-hybridized carbons (Fsp3) is 1.00. The molecule has 0 aliphatic rings. The Balaban J connectivity index is 3.28. The normalized spacial score (nSPS) is 15.2. The molecule has 0 amide bonds. The Morgan fingerprint density at radius 1 is 0.733 bits per heavy atom. The van der Waals surface area contributed by atoms with Gasteiger partial charge in [-0.05, 0) is 11.8 Å². The van der Waals surface area contributed by atoms with Crippen molar-refractivity contribution in [2.24, 2.45) is 11.8 Å². The van der Waals surface area contributed by atoms with Gasteiger partial charge in [0.15, 0.2) is 0 Å². The molecule has 0 heterocycles. The molecule has 0 aromatic carbocycles. The van der Waals surface area contributed by atoms with E-state index < -0.39 is 0 Å². The molecule has 0 rings (SSSR count). The van der Waals surface area contributed by atoms with Gasteiger partial charge in [0.25, 0.3) is 0 Å². The molecule has 0 radical (unpaired) electrons. The van der Waals surface area contributed by atoms with E-state index in [4.69, 9.17) is 0 Å². The first-order chi connectivity index (χ1) is 7.24. The monoisotopic (exact) mass is 212 g/mol. The molecule has 0 fully saturated rings. The zero-order valence-electron chi connectivity index (χ0n) is 11.5. The highest BCUT2D eigenvalue weighted by atomic mass is 14.1. The highest BCUT2D eigenvalue weighted by Gasteiger charge is 2.04. The second kappa shape index (κ2) is 10.5. The van der Waals surface area contributed by atoms with Gasteiger partial charge in [0.1, 0.15) is 0 Å². The Hall–Kier alpha value is 0. The van der Waals surface area contributed by atoms with Crippen LogP contribution in [-0.4, -0.2) is 0 Å². The van der Waals surface area contributed by atoms with Crippen molar-refractivity contribution >= 4 is 0 Å². The maximum absolute atomic E-state index is 2.38. The summed E-state index contributed by atoms with van der Waals surface area (Å²) in [5.41, 5.74) is 0. The summed E-state index contributed by atoms with van der Waals surface area (Å²) in [4.78, 5) is 0. The van der Waals surface area contributed by atoms with Crippen molar-refractivity contribution in [2.45, 2.75) is 85.5 Å². The number of hydrogen-bond acceptors (Lipinski definition) is 0. The molecule has 0 aliphatic heterocycles. The summed E-state index contributed by atoms with van der Waals surface area (Å²) in [5.74, 6) is 1.96. The van der Waals surface area contributed by atoms with Crippen molar-refractivity contribution in [3.8, 4) is 0 Å². The summed E-state index contributed by atoms with van der Waals surface area (Å²) in [6.45, 7) is 9.34. The Morgan fingerprint density at radius 3 is 1.93 bits per heavy atom. The van der Waals surface area contributed by atoms with Crippen LogP contribution in [0.3, 0.4) is 0 Å². The van der Waals surface area contributed by atoms with Crippen LogP contribution in [0, 0.1) is 11.8 Å². The number of unbranched alkanes of at least 4 members (excludes halogenated alkanes) is 2. The fourth-order valence-corrected chi connectivity index (χ4v) is 2.27. The van der Waals surface area contributed by atoms with Crippen LogP contribution in [0.25, 0.3) is 0 Å². The Kier molecular flexibility index (Phi) is 10.5. The minimum absolute atomic E-state index is 0.947. The third-order valence-corrected chi connectivity index (χ3v) is 3.78. The van der Waals surface area contributed by atoms with Gasteiger partial charge in [0, 0.05) is 0 Å². The lowest BCUT2D eigenvalue weighted by Crippen LogP contribution is -1.98. The van der Waals surface area contributed by atoms with Crippen molar-refractivity contribution in [2.75, 3.05) is 0 Å². The van der Waals surface area contributed by atoms with Gasteiger partial charge in [0.05, 0.1) is 0 Å². The van der Waals surface area contributed by atoms with E-state index in [1.165, 1.54) is 57.8 Å². The Morgan fingerprint density at radius 2 is 1.40 bits per heavy atom. The zero-order chi connectivity index (χ0) is 11.5. The van der Waals surface area contributed by atoms with Gasteiger partial charge in [-0.1, -0.05) is 85.5 Å². The Labute approximate surface area is 97.8 Å². The molecule has 0 bridgehead atoms. The minimum Gasteiger partial charge on any atom is -0.0654 e. The standard InChI is InChI=1S/C15H32/c1-5-11-15(7-3)13-10-8-9-12-14(4)6-2/h14-15H,5-13H2,1-4H3. The van der Waals surface area contributed by atoms with Crippen molar-refractivity contribution in [3.05, 3.63) is 0 Å².